The molecular weight excluding hydrogens is 426 g/mol. The van der Waals surface area contributed by atoms with Gasteiger partial charge in [-0.3, -0.25) is 9.59 Å². The monoisotopic (exact) mass is 459 g/mol. The summed E-state index contributed by atoms with van der Waals surface area (Å²) >= 11 is 0. The summed E-state index contributed by atoms with van der Waals surface area (Å²) in [6, 6.07) is 5.59. The Labute approximate surface area is 190 Å². The topological polar surface area (TPSA) is 78.0 Å². The fourth-order valence-electron chi connectivity index (χ4n) is 5.36. The maximum atomic E-state index is 13.2. The van der Waals surface area contributed by atoms with Crippen LogP contribution in [-0.2, 0) is 32.5 Å². The molecule has 8 heteroatoms. The standard InChI is InChI=1S/C24H33N3O4S/c28-23(19-5-6-19)25-13-15-26(16-14-25)24(29)20-9-11-27(12-10-20)32(30,31)22-8-7-18-3-1-2-4-21(18)17-22/h7-8,17,19-20H,1-6,9-16H2. The van der Waals surface area contributed by atoms with Crippen molar-refractivity contribution in [2.45, 2.75) is 56.3 Å². The zero-order valence-electron chi connectivity index (χ0n) is 18.7. The Kier molecular flexibility index (Phi) is 6.01. The fourth-order valence-corrected chi connectivity index (χ4v) is 6.88. The average Bonchev–Trinajstić information content (AvgIpc) is 3.68. The summed E-state index contributed by atoms with van der Waals surface area (Å²) in [6.45, 7) is 3.18. The summed E-state index contributed by atoms with van der Waals surface area (Å²) in [5.74, 6) is 0.460. The molecule has 2 saturated heterocycles. The summed E-state index contributed by atoms with van der Waals surface area (Å²) in [5, 5.41) is 0. The highest BCUT2D eigenvalue weighted by Gasteiger charge is 2.37. The molecule has 1 aromatic rings. The molecule has 1 saturated carbocycles. The van der Waals surface area contributed by atoms with Crippen molar-refractivity contribution in [2.24, 2.45) is 11.8 Å². The van der Waals surface area contributed by atoms with E-state index < -0.39 is 10.0 Å². The molecule has 174 valence electrons. The lowest BCUT2D eigenvalue weighted by molar-refractivity contribution is -0.143. The third-order valence-electron chi connectivity index (χ3n) is 7.59. The number of rotatable bonds is 4. The van der Waals surface area contributed by atoms with Crippen LogP contribution in [0.15, 0.2) is 23.1 Å². The molecule has 7 nitrogen and oxygen atoms in total. The van der Waals surface area contributed by atoms with Crippen molar-refractivity contribution in [3.05, 3.63) is 29.3 Å². The SMILES string of the molecule is O=C(C1CC1)N1CCN(C(=O)C2CCN(S(=O)(=O)c3ccc4c(c3)CCCC4)CC2)CC1. The van der Waals surface area contributed by atoms with Gasteiger partial charge in [0.2, 0.25) is 21.8 Å². The van der Waals surface area contributed by atoms with Crippen LogP contribution < -0.4 is 0 Å². The molecule has 32 heavy (non-hydrogen) atoms. The van der Waals surface area contributed by atoms with E-state index in [4.69, 9.17) is 0 Å². The zero-order valence-corrected chi connectivity index (χ0v) is 19.5. The van der Waals surface area contributed by atoms with Crippen molar-refractivity contribution < 1.29 is 18.0 Å². The van der Waals surface area contributed by atoms with Crippen LogP contribution >= 0.6 is 0 Å². The molecule has 5 rings (SSSR count). The number of aryl methyl sites for hydroxylation is 2. The summed E-state index contributed by atoms with van der Waals surface area (Å²) in [4.78, 5) is 29.4. The third kappa shape index (κ3) is 4.31. The molecule has 3 fully saturated rings. The third-order valence-corrected chi connectivity index (χ3v) is 9.49. The van der Waals surface area contributed by atoms with Gasteiger partial charge in [-0.25, -0.2) is 8.42 Å². The Morgan fingerprint density at radius 1 is 0.719 bits per heavy atom. The Bertz CT molecular complexity index is 988. The molecule has 0 atom stereocenters. The number of hydrogen-bond acceptors (Lipinski definition) is 4. The Hall–Kier alpha value is -1.93. The van der Waals surface area contributed by atoms with E-state index in [1.54, 1.807) is 10.4 Å². The lowest BCUT2D eigenvalue weighted by Gasteiger charge is -2.38. The van der Waals surface area contributed by atoms with Gasteiger partial charge in [0.1, 0.15) is 0 Å². The molecule has 0 radical (unpaired) electrons. The van der Waals surface area contributed by atoms with Crippen LogP contribution in [-0.4, -0.2) is 73.6 Å². The Balaban J connectivity index is 1.16. The van der Waals surface area contributed by atoms with Gasteiger partial charge in [0, 0.05) is 51.1 Å². The van der Waals surface area contributed by atoms with Gasteiger partial charge in [0.15, 0.2) is 0 Å². The van der Waals surface area contributed by atoms with Crippen LogP contribution in [0.2, 0.25) is 0 Å². The molecule has 0 N–H and O–H groups in total. The Morgan fingerprint density at radius 2 is 1.25 bits per heavy atom. The van der Waals surface area contributed by atoms with E-state index in [-0.39, 0.29) is 23.7 Å². The van der Waals surface area contributed by atoms with Gasteiger partial charge >= 0.3 is 0 Å². The molecule has 2 aliphatic carbocycles. The van der Waals surface area contributed by atoms with Crippen LogP contribution in [0.3, 0.4) is 0 Å². The first kappa shape index (κ1) is 21.9. The minimum absolute atomic E-state index is 0.120. The molecule has 0 spiro atoms. The molecule has 2 amide bonds. The smallest absolute Gasteiger partial charge is 0.243 e. The van der Waals surface area contributed by atoms with E-state index >= 15 is 0 Å². The van der Waals surface area contributed by atoms with Crippen LogP contribution in [0.4, 0.5) is 0 Å². The predicted octanol–water partition coefficient (Wildman–Crippen LogP) is 2.05. The van der Waals surface area contributed by atoms with E-state index in [1.165, 1.54) is 17.5 Å². The number of benzene rings is 1. The van der Waals surface area contributed by atoms with Crippen molar-refractivity contribution in [2.75, 3.05) is 39.3 Å². The maximum Gasteiger partial charge on any atom is 0.243 e. The molecule has 0 unspecified atom stereocenters. The highest BCUT2D eigenvalue weighted by atomic mass is 32.2. The van der Waals surface area contributed by atoms with E-state index in [1.807, 2.05) is 21.9 Å². The first-order valence-electron chi connectivity index (χ1n) is 12.1. The molecule has 2 heterocycles. The molecule has 4 aliphatic rings. The van der Waals surface area contributed by atoms with Crippen LogP contribution in [0.25, 0.3) is 0 Å². The normalized spacial score (nSPS) is 23.1. The van der Waals surface area contributed by atoms with Gasteiger partial charge in [0.05, 0.1) is 4.90 Å². The second kappa shape index (κ2) is 8.78. The van der Waals surface area contributed by atoms with E-state index in [2.05, 4.69) is 0 Å². The van der Waals surface area contributed by atoms with Gasteiger partial charge in [-0.2, -0.15) is 4.31 Å². The first-order valence-corrected chi connectivity index (χ1v) is 13.6. The highest BCUT2D eigenvalue weighted by Crippen LogP contribution is 2.32. The lowest BCUT2D eigenvalue weighted by Crippen LogP contribution is -2.53. The van der Waals surface area contributed by atoms with E-state index in [0.717, 1.165) is 32.1 Å². The van der Waals surface area contributed by atoms with Crippen LogP contribution in [0, 0.1) is 11.8 Å². The second-order valence-corrected chi connectivity index (χ2v) is 11.7. The van der Waals surface area contributed by atoms with Crippen molar-refractivity contribution >= 4 is 21.8 Å². The number of sulfonamides is 1. The van der Waals surface area contributed by atoms with Gasteiger partial charge in [-0.1, -0.05) is 6.07 Å². The Morgan fingerprint density at radius 3 is 1.81 bits per heavy atom. The highest BCUT2D eigenvalue weighted by molar-refractivity contribution is 7.89. The molecular formula is C24H33N3O4S. The van der Waals surface area contributed by atoms with Gasteiger partial charge in [0.25, 0.3) is 0 Å². The van der Waals surface area contributed by atoms with E-state index in [9.17, 15) is 18.0 Å². The maximum absolute atomic E-state index is 13.2. The summed E-state index contributed by atoms with van der Waals surface area (Å²) in [6.07, 6.45) is 7.41. The van der Waals surface area contributed by atoms with E-state index in [0.29, 0.717) is 57.0 Å². The summed E-state index contributed by atoms with van der Waals surface area (Å²) in [7, 11) is -3.52. The number of piperidine rings is 1. The van der Waals surface area contributed by atoms with Gasteiger partial charge in [-0.15, -0.1) is 0 Å². The average molecular weight is 460 g/mol. The fraction of sp³-hybridized carbons (Fsp3) is 0.667. The van der Waals surface area contributed by atoms with Gasteiger partial charge in [-0.05, 0) is 74.6 Å². The van der Waals surface area contributed by atoms with Crippen molar-refractivity contribution in [1.82, 2.24) is 14.1 Å². The zero-order chi connectivity index (χ0) is 22.3. The summed E-state index contributed by atoms with van der Waals surface area (Å²) < 4.78 is 28.0. The first-order chi connectivity index (χ1) is 15.4. The molecule has 0 aromatic heterocycles. The number of piperazine rings is 1. The van der Waals surface area contributed by atoms with Crippen molar-refractivity contribution in [1.29, 1.82) is 0 Å². The lowest BCUT2D eigenvalue weighted by atomic mass is 9.92. The second-order valence-electron chi connectivity index (χ2n) is 9.74. The largest absolute Gasteiger partial charge is 0.339 e. The molecule has 2 aliphatic heterocycles. The number of amides is 2. The number of carbonyl (C=O) groups excluding carboxylic acids is 2. The van der Waals surface area contributed by atoms with Crippen molar-refractivity contribution in [3.63, 3.8) is 0 Å². The minimum Gasteiger partial charge on any atom is -0.339 e. The van der Waals surface area contributed by atoms with Gasteiger partial charge < -0.3 is 9.80 Å². The number of fused-ring (bicyclic) bond motifs is 1. The van der Waals surface area contributed by atoms with Crippen LogP contribution in [0.5, 0.6) is 0 Å². The number of hydrogen-bond donors (Lipinski definition) is 0. The minimum atomic E-state index is -3.52. The number of nitrogens with zero attached hydrogens (tertiary/aromatic N) is 3. The number of carbonyl (C=O) groups is 2. The van der Waals surface area contributed by atoms with Crippen LogP contribution in [0.1, 0.15) is 49.7 Å². The molecule has 1 aromatic carbocycles. The summed E-state index contributed by atoms with van der Waals surface area (Å²) in [5.41, 5.74) is 2.44. The molecule has 0 bridgehead atoms. The van der Waals surface area contributed by atoms with Crippen molar-refractivity contribution in [3.8, 4) is 0 Å². The predicted molar refractivity (Wildman–Crippen MR) is 120 cm³/mol. The quantitative estimate of drug-likeness (QED) is 0.690.